The van der Waals surface area contributed by atoms with Crippen molar-refractivity contribution < 1.29 is 28.8 Å². The molecule has 1 rings (SSSR count). The Hall–Kier alpha value is -1.09. The van der Waals surface area contributed by atoms with E-state index in [9.17, 15) is 4.79 Å². The lowest BCUT2D eigenvalue weighted by Gasteiger charge is -2.17. The average Bonchev–Trinajstić information content (AvgIpc) is 2.55. The van der Waals surface area contributed by atoms with Crippen molar-refractivity contribution in [3.63, 3.8) is 0 Å². The van der Waals surface area contributed by atoms with E-state index in [2.05, 4.69) is 18.7 Å². The SMILES string of the molecule is CCCOc1cc(N)ccc1C(=O)SCCN(CC)CC.O=P(O)(O)O. The van der Waals surface area contributed by atoms with Gasteiger partial charge in [-0.1, -0.05) is 32.5 Å². The second-order valence-corrected chi connectivity index (χ2v) is 7.37. The van der Waals surface area contributed by atoms with Gasteiger partial charge < -0.3 is 30.1 Å². The summed E-state index contributed by atoms with van der Waals surface area (Å²) in [5.74, 6) is 1.38. The fourth-order valence-corrected chi connectivity index (χ4v) is 2.78. The number of benzene rings is 1. The van der Waals surface area contributed by atoms with Crippen LogP contribution in [0.2, 0.25) is 0 Å². The quantitative estimate of drug-likeness (QED) is 0.359. The van der Waals surface area contributed by atoms with Crippen molar-refractivity contribution in [2.24, 2.45) is 0 Å². The lowest BCUT2D eigenvalue weighted by atomic mass is 10.2. The number of nitrogens with two attached hydrogens (primary N) is 1. The van der Waals surface area contributed by atoms with Gasteiger partial charge in [0.2, 0.25) is 5.12 Å². The van der Waals surface area contributed by atoms with Gasteiger partial charge >= 0.3 is 7.82 Å². The molecule has 8 nitrogen and oxygen atoms in total. The molecule has 0 aliphatic carbocycles. The minimum Gasteiger partial charge on any atom is -0.493 e. The monoisotopic (exact) mass is 408 g/mol. The van der Waals surface area contributed by atoms with Gasteiger partial charge in [0.25, 0.3) is 0 Å². The van der Waals surface area contributed by atoms with Crippen molar-refractivity contribution in [3.8, 4) is 5.75 Å². The average molecular weight is 408 g/mol. The van der Waals surface area contributed by atoms with Crippen LogP contribution in [0.15, 0.2) is 18.2 Å². The van der Waals surface area contributed by atoms with E-state index in [1.54, 1.807) is 18.2 Å². The number of thioether (sulfide) groups is 1. The first-order chi connectivity index (χ1) is 12.1. The number of carbonyl (C=O) groups is 1. The van der Waals surface area contributed by atoms with Crippen molar-refractivity contribution in [2.45, 2.75) is 27.2 Å². The fourth-order valence-electron chi connectivity index (χ4n) is 1.92. The van der Waals surface area contributed by atoms with E-state index in [0.717, 1.165) is 31.8 Å². The zero-order valence-corrected chi connectivity index (χ0v) is 17.1. The maximum absolute atomic E-state index is 12.3. The predicted molar refractivity (Wildman–Crippen MR) is 105 cm³/mol. The van der Waals surface area contributed by atoms with E-state index in [-0.39, 0.29) is 5.12 Å². The normalized spacial score (nSPS) is 11.0. The molecule has 0 amide bonds. The molecule has 150 valence electrons. The van der Waals surface area contributed by atoms with Gasteiger partial charge in [0.1, 0.15) is 5.75 Å². The Bertz CT molecular complexity index is 584. The molecule has 0 saturated carbocycles. The highest BCUT2D eigenvalue weighted by Gasteiger charge is 2.14. The van der Waals surface area contributed by atoms with Gasteiger partial charge in [-0.15, -0.1) is 0 Å². The number of rotatable bonds is 9. The first-order valence-electron chi connectivity index (χ1n) is 8.32. The molecular weight excluding hydrogens is 379 g/mol. The van der Waals surface area contributed by atoms with Crippen LogP contribution >= 0.6 is 19.6 Å². The smallest absolute Gasteiger partial charge is 0.466 e. The number of hydrogen-bond donors (Lipinski definition) is 4. The highest BCUT2D eigenvalue weighted by atomic mass is 32.2. The molecule has 0 fully saturated rings. The summed E-state index contributed by atoms with van der Waals surface area (Å²) in [5, 5.41) is 0.0493. The van der Waals surface area contributed by atoms with Crippen LogP contribution in [0.25, 0.3) is 0 Å². The molecule has 0 aliphatic heterocycles. The van der Waals surface area contributed by atoms with Gasteiger partial charge in [0, 0.05) is 24.1 Å². The van der Waals surface area contributed by atoms with Crippen LogP contribution in [0.4, 0.5) is 5.69 Å². The van der Waals surface area contributed by atoms with Crippen LogP contribution in [0.5, 0.6) is 5.75 Å². The highest BCUT2D eigenvalue weighted by Crippen LogP contribution is 2.26. The third kappa shape index (κ3) is 12.3. The Morgan fingerprint density at radius 2 is 1.81 bits per heavy atom. The van der Waals surface area contributed by atoms with E-state index >= 15 is 0 Å². The minimum atomic E-state index is -4.64. The van der Waals surface area contributed by atoms with Gasteiger partial charge in [-0.05, 0) is 31.6 Å². The Balaban J connectivity index is 0.00000110. The van der Waals surface area contributed by atoms with Gasteiger partial charge in [-0.2, -0.15) is 0 Å². The van der Waals surface area contributed by atoms with E-state index in [4.69, 9.17) is 29.7 Å². The molecule has 10 heteroatoms. The predicted octanol–water partition coefficient (Wildman–Crippen LogP) is 2.34. The summed E-state index contributed by atoms with van der Waals surface area (Å²) in [6, 6.07) is 5.23. The van der Waals surface area contributed by atoms with Crippen molar-refractivity contribution in [3.05, 3.63) is 23.8 Å². The van der Waals surface area contributed by atoms with E-state index < -0.39 is 7.82 Å². The van der Waals surface area contributed by atoms with Crippen LogP contribution in [0.1, 0.15) is 37.6 Å². The van der Waals surface area contributed by atoms with E-state index in [0.29, 0.717) is 23.6 Å². The summed E-state index contributed by atoms with van der Waals surface area (Å²) < 4.78 is 14.5. The highest BCUT2D eigenvalue weighted by molar-refractivity contribution is 8.14. The van der Waals surface area contributed by atoms with Gasteiger partial charge in [0.05, 0.1) is 12.2 Å². The Labute approximate surface area is 159 Å². The largest absolute Gasteiger partial charge is 0.493 e. The standard InChI is InChI=1S/C16H26N2O2S.H3O4P/c1-4-10-20-15-12-13(17)7-8-14(15)16(19)21-11-9-18(5-2)6-3;1-5(2,3)4/h7-8,12H,4-6,9-11,17H2,1-3H3;(H3,1,2,3,4). The first kappa shape index (κ1) is 24.9. The van der Waals surface area contributed by atoms with Crippen LogP contribution in [0, 0.1) is 0 Å². The molecule has 0 saturated heterocycles. The third-order valence-corrected chi connectivity index (χ3v) is 4.09. The summed E-state index contributed by atoms with van der Waals surface area (Å²) in [5.41, 5.74) is 7.00. The molecule has 0 aliphatic rings. The Morgan fingerprint density at radius 1 is 1.23 bits per heavy atom. The van der Waals surface area contributed by atoms with E-state index in [1.807, 2.05) is 6.92 Å². The molecule has 0 radical (unpaired) electrons. The summed E-state index contributed by atoms with van der Waals surface area (Å²) >= 11 is 1.34. The van der Waals surface area contributed by atoms with Gasteiger partial charge in [-0.3, -0.25) is 4.79 Å². The maximum atomic E-state index is 12.3. The summed E-state index contributed by atoms with van der Waals surface area (Å²) in [6.07, 6.45) is 0.900. The number of ether oxygens (including phenoxy) is 1. The molecule has 1 aromatic rings. The molecule has 26 heavy (non-hydrogen) atoms. The first-order valence-corrected chi connectivity index (χ1v) is 10.9. The molecule has 5 N–H and O–H groups in total. The van der Waals surface area contributed by atoms with Crippen molar-refractivity contribution in [1.29, 1.82) is 0 Å². The summed E-state index contributed by atoms with van der Waals surface area (Å²) in [4.78, 5) is 36.2. The molecule has 0 unspecified atom stereocenters. The Morgan fingerprint density at radius 3 is 2.31 bits per heavy atom. The van der Waals surface area contributed by atoms with Crippen LogP contribution in [-0.2, 0) is 4.57 Å². The molecular formula is C16H29N2O6PS. The van der Waals surface area contributed by atoms with Crippen LogP contribution in [-0.4, -0.2) is 56.7 Å². The fraction of sp³-hybridized carbons (Fsp3) is 0.562. The van der Waals surface area contributed by atoms with Crippen molar-refractivity contribution in [1.82, 2.24) is 4.90 Å². The molecule has 1 aromatic carbocycles. The van der Waals surface area contributed by atoms with Crippen molar-refractivity contribution in [2.75, 3.05) is 37.7 Å². The zero-order chi connectivity index (χ0) is 20.2. The van der Waals surface area contributed by atoms with Crippen LogP contribution < -0.4 is 10.5 Å². The molecule has 0 aromatic heterocycles. The number of nitrogen functional groups attached to an aromatic ring is 1. The molecule has 0 bridgehead atoms. The number of hydrogen-bond acceptors (Lipinski definition) is 6. The number of carbonyl (C=O) groups excluding carboxylic acids is 1. The van der Waals surface area contributed by atoms with Crippen LogP contribution in [0.3, 0.4) is 0 Å². The van der Waals surface area contributed by atoms with Gasteiger partial charge in [-0.25, -0.2) is 4.57 Å². The lowest BCUT2D eigenvalue weighted by molar-refractivity contribution is 0.108. The number of phosphoric acid groups is 1. The van der Waals surface area contributed by atoms with Crippen molar-refractivity contribution >= 4 is 30.4 Å². The third-order valence-electron chi connectivity index (χ3n) is 3.22. The second kappa shape index (κ2) is 13.1. The maximum Gasteiger partial charge on any atom is 0.466 e. The summed E-state index contributed by atoms with van der Waals surface area (Å²) in [7, 11) is -4.64. The zero-order valence-electron chi connectivity index (χ0n) is 15.4. The van der Waals surface area contributed by atoms with E-state index in [1.165, 1.54) is 11.8 Å². The van der Waals surface area contributed by atoms with Gasteiger partial charge in [0.15, 0.2) is 0 Å². The second-order valence-electron chi connectivity index (χ2n) is 5.28. The molecule has 0 spiro atoms. The Kier molecular flexibility index (Phi) is 12.6. The lowest BCUT2D eigenvalue weighted by Crippen LogP contribution is -2.25. The number of anilines is 1. The summed E-state index contributed by atoms with van der Waals surface area (Å²) in [6.45, 7) is 9.83. The minimum absolute atomic E-state index is 0.0493. The molecule has 0 heterocycles. The topological polar surface area (TPSA) is 133 Å². The molecule has 0 atom stereocenters. The number of nitrogens with zero attached hydrogens (tertiary/aromatic N) is 1.